The van der Waals surface area contributed by atoms with Gasteiger partial charge in [-0.15, -0.1) is 11.3 Å². The van der Waals surface area contributed by atoms with Crippen molar-refractivity contribution < 1.29 is 4.79 Å². The number of anilines is 3. The molecule has 4 heterocycles. The highest BCUT2D eigenvalue weighted by molar-refractivity contribution is 7.16. The molecule has 3 aromatic rings. The SMILES string of the molecule is CN(C)CCNC(=O)N1CC=C(C2Cc3c(Nc4ccc5ncsc5c4)ncnc3N2)CC1. The highest BCUT2D eigenvalue weighted by Crippen LogP contribution is 2.34. The van der Waals surface area contributed by atoms with Crippen molar-refractivity contribution >= 4 is 44.9 Å². The molecule has 2 aromatic heterocycles. The number of likely N-dealkylation sites (N-methyl/N-ethyl adjacent to an activating group) is 1. The molecule has 0 bridgehead atoms. The van der Waals surface area contributed by atoms with Gasteiger partial charge in [-0.05, 0) is 44.3 Å². The molecule has 0 fully saturated rings. The number of aromatic nitrogens is 3. The van der Waals surface area contributed by atoms with E-state index in [-0.39, 0.29) is 12.1 Å². The van der Waals surface area contributed by atoms with Crippen LogP contribution in [0.1, 0.15) is 12.0 Å². The summed E-state index contributed by atoms with van der Waals surface area (Å²) in [6, 6.07) is 6.33. The van der Waals surface area contributed by atoms with Gasteiger partial charge in [-0.3, -0.25) is 0 Å². The molecule has 1 unspecified atom stereocenters. The van der Waals surface area contributed by atoms with Crippen molar-refractivity contribution in [2.45, 2.75) is 18.9 Å². The zero-order valence-electron chi connectivity index (χ0n) is 18.8. The number of benzene rings is 1. The molecule has 2 aliphatic rings. The maximum absolute atomic E-state index is 12.4. The van der Waals surface area contributed by atoms with Crippen molar-refractivity contribution in [3.8, 4) is 0 Å². The topological polar surface area (TPSA) is 98.3 Å². The highest BCUT2D eigenvalue weighted by atomic mass is 32.1. The second kappa shape index (κ2) is 9.32. The minimum absolute atomic E-state index is 0.00470. The molecule has 3 N–H and O–H groups in total. The number of amides is 2. The Morgan fingerprint density at radius 1 is 1.30 bits per heavy atom. The molecule has 172 valence electrons. The first kappa shape index (κ1) is 21.6. The molecule has 5 rings (SSSR count). The maximum Gasteiger partial charge on any atom is 0.317 e. The fourth-order valence-corrected chi connectivity index (χ4v) is 4.95. The van der Waals surface area contributed by atoms with Crippen LogP contribution in [0.3, 0.4) is 0 Å². The Hall–Kier alpha value is -3.24. The summed E-state index contributed by atoms with van der Waals surface area (Å²) >= 11 is 1.63. The molecule has 0 spiro atoms. The van der Waals surface area contributed by atoms with E-state index in [4.69, 9.17) is 0 Å². The molecule has 1 atom stereocenters. The Morgan fingerprint density at radius 2 is 2.21 bits per heavy atom. The Bertz CT molecular complexity index is 1190. The summed E-state index contributed by atoms with van der Waals surface area (Å²) < 4.78 is 1.14. The molecule has 0 saturated carbocycles. The minimum Gasteiger partial charge on any atom is -0.363 e. The maximum atomic E-state index is 12.4. The fraction of sp³-hybridized carbons (Fsp3) is 0.391. The molecule has 0 saturated heterocycles. The summed E-state index contributed by atoms with van der Waals surface area (Å²) in [6.45, 7) is 2.84. The largest absolute Gasteiger partial charge is 0.363 e. The number of hydrogen-bond donors (Lipinski definition) is 3. The number of thiazole rings is 1. The van der Waals surface area contributed by atoms with E-state index >= 15 is 0 Å². The normalized spacial score (nSPS) is 17.6. The van der Waals surface area contributed by atoms with Crippen LogP contribution in [-0.2, 0) is 6.42 Å². The summed E-state index contributed by atoms with van der Waals surface area (Å²) in [7, 11) is 4.00. The average molecular weight is 465 g/mol. The molecule has 2 aliphatic heterocycles. The van der Waals surface area contributed by atoms with Crippen LogP contribution in [0.25, 0.3) is 10.2 Å². The number of carbonyl (C=O) groups is 1. The van der Waals surface area contributed by atoms with Crippen LogP contribution < -0.4 is 16.0 Å². The monoisotopic (exact) mass is 464 g/mol. The molecule has 1 aromatic carbocycles. The van der Waals surface area contributed by atoms with Gasteiger partial charge in [0.1, 0.15) is 18.0 Å². The van der Waals surface area contributed by atoms with E-state index < -0.39 is 0 Å². The van der Waals surface area contributed by atoms with Gasteiger partial charge < -0.3 is 25.8 Å². The molecular formula is C23H28N8OS. The molecular weight excluding hydrogens is 436 g/mol. The first-order valence-electron chi connectivity index (χ1n) is 11.1. The van der Waals surface area contributed by atoms with Crippen LogP contribution in [0, 0.1) is 0 Å². The lowest BCUT2D eigenvalue weighted by Crippen LogP contribution is -2.44. The Kier molecular flexibility index (Phi) is 6.10. The average Bonchev–Trinajstić information content (AvgIpc) is 3.46. The van der Waals surface area contributed by atoms with Gasteiger partial charge >= 0.3 is 6.03 Å². The summed E-state index contributed by atoms with van der Waals surface area (Å²) in [4.78, 5) is 29.6. The van der Waals surface area contributed by atoms with Gasteiger partial charge in [-0.1, -0.05) is 6.08 Å². The van der Waals surface area contributed by atoms with Gasteiger partial charge in [-0.2, -0.15) is 0 Å². The number of nitrogens with zero attached hydrogens (tertiary/aromatic N) is 5. The molecule has 0 radical (unpaired) electrons. The van der Waals surface area contributed by atoms with E-state index in [9.17, 15) is 4.79 Å². The highest BCUT2D eigenvalue weighted by Gasteiger charge is 2.30. The van der Waals surface area contributed by atoms with Gasteiger partial charge in [0.05, 0.1) is 21.8 Å². The van der Waals surface area contributed by atoms with Crippen molar-refractivity contribution in [2.24, 2.45) is 0 Å². The second-order valence-electron chi connectivity index (χ2n) is 8.62. The first-order chi connectivity index (χ1) is 16.1. The van der Waals surface area contributed by atoms with Crippen LogP contribution in [0.15, 0.2) is 41.7 Å². The van der Waals surface area contributed by atoms with Crippen LogP contribution >= 0.6 is 11.3 Å². The Morgan fingerprint density at radius 3 is 3.03 bits per heavy atom. The van der Waals surface area contributed by atoms with Gasteiger partial charge in [0.25, 0.3) is 0 Å². The van der Waals surface area contributed by atoms with Crippen LogP contribution in [0.2, 0.25) is 0 Å². The van der Waals surface area contributed by atoms with E-state index in [1.165, 1.54) is 5.57 Å². The van der Waals surface area contributed by atoms with E-state index in [0.717, 1.165) is 59.0 Å². The smallest absolute Gasteiger partial charge is 0.317 e. The molecule has 10 heteroatoms. The summed E-state index contributed by atoms with van der Waals surface area (Å²) in [5.74, 6) is 1.71. The third-order valence-corrected chi connectivity index (χ3v) is 6.86. The molecule has 9 nitrogen and oxygen atoms in total. The number of fused-ring (bicyclic) bond motifs is 2. The van der Waals surface area contributed by atoms with Crippen molar-refractivity contribution in [1.29, 1.82) is 0 Å². The van der Waals surface area contributed by atoms with Crippen molar-refractivity contribution in [1.82, 2.24) is 30.1 Å². The summed E-state index contributed by atoms with van der Waals surface area (Å²) in [5, 5.41) is 10.0. The number of nitrogens with one attached hydrogen (secondary N) is 3. The lowest BCUT2D eigenvalue weighted by Gasteiger charge is -2.29. The third-order valence-electron chi connectivity index (χ3n) is 6.07. The standard InChI is InChI=1S/C23H28N8OS/c1-30(2)10-7-24-23(32)31-8-5-15(6-9-31)19-12-17-21(25-13-26-22(17)29-19)28-16-3-4-18-20(11-16)33-14-27-18/h3-5,11,13-14,19H,6-10,12H2,1-2H3,(H,24,32)(H2,25,26,28,29). The molecule has 2 amide bonds. The van der Waals surface area contributed by atoms with Gasteiger partial charge in [0.15, 0.2) is 0 Å². The minimum atomic E-state index is 0.00470. The Labute approximate surface area is 196 Å². The second-order valence-corrected chi connectivity index (χ2v) is 9.51. The van der Waals surface area contributed by atoms with Gasteiger partial charge in [0, 0.05) is 43.9 Å². The van der Waals surface area contributed by atoms with E-state index in [0.29, 0.717) is 13.1 Å². The van der Waals surface area contributed by atoms with Crippen LogP contribution in [0.4, 0.5) is 22.1 Å². The number of carbonyl (C=O) groups excluding carboxylic acids is 1. The molecule has 0 aliphatic carbocycles. The van der Waals surface area contributed by atoms with E-state index in [2.05, 4.69) is 47.9 Å². The summed E-state index contributed by atoms with van der Waals surface area (Å²) in [6.07, 6.45) is 5.45. The van der Waals surface area contributed by atoms with Crippen LogP contribution in [-0.4, -0.2) is 77.1 Å². The quantitative estimate of drug-likeness (QED) is 0.482. The zero-order valence-corrected chi connectivity index (χ0v) is 19.7. The lowest BCUT2D eigenvalue weighted by atomic mass is 9.97. The number of hydrogen-bond acceptors (Lipinski definition) is 8. The van der Waals surface area contributed by atoms with Crippen molar-refractivity contribution in [2.75, 3.05) is 50.9 Å². The van der Waals surface area contributed by atoms with E-state index in [1.54, 1.807) is 17.7 Å². The number of rotatable bonds is 6. The van der Waals surface area contributed by atoms with Crippen molar-refractivity contribution in [3.05, 3.63) is 47.2 Å². The van der Waals surface area contributed by atoms with Crippen LogP contribution in [0.5, 0.6) is 0 Å². The lowest BCUT2D eigenvalue weighted by molar-refractivity contribution is 0.200. The zero-order chi connectivity index (χ0) is 22.8. The van der Waals surface area contributed by atoms with Crippen molar-refractivity contribution in [3.63, 3.8) is 0 Å². The Balaban J connectivity index is 1.23. The van der Waals surface area contributed by atoms with Gasteiger partial charge in [0.2, 0.25) is 0 Å². The predicted octanol–water partition coefficient (Wildman–Crippen LogP) is 3.07. The third kappa shape index (κ3) is 4.76. The predicted molar refractivity (Wildman–Crippen MR) is 132 cm³/mol. The fourth-order valence-electron chi connectivity index (χ4n) is 4.24. The molecule has 33 heavy (non-hydrogen) atoms. The summed E-state index contributed by atoms with van der Waals surface area (Å²) in [5.41, 5.74) is 6.27. The van der Waals surface area contributed by atoms with Gasteiger partial charge in [-0.25, -0.2) is 19.7 Å². The van der Waals surface area contributed by atoms with E-state index in [1.807, 2.05) is 36.6 Å². The first-order valence-corrected chi connectivity index (χ1v) is 12.0. The number of urea groups is 1.